The van der Waals surface area contributed by atoms with Gasteiger partial charge in [0.2, 0.25) is 5.91 Å². The second-order valence-electron chi connectivity index (χ2n) is 5.93. The van der Waals surface area contributed by atoms with Crippen LogP contribution in [-0.4, -0.2) is 27.3 Å². The van der Waals surface area contributed by atoms with Gasteiger partial charge in [-0.05, 0) is 25.3 Å². The first-order valence-electron chi connectivity index (χ1n) is 8.06. The molecule has 0 saturated carbocycles. The highest BCUT2D eigenvalue weighted by molar-refractivity contribution is 7.99. The Labute approximate surface area is 142 Å². The van der Waals surface area contributed by atoms with Gasteiger partial charge in [0.1, 0.15) is 0 Å². The molecule has 23 heavy (non-hydrogen) atoms. The maximum atomic E-state index is 12.0. The van der Waals surface area contributed by atoms with Gasteiger partial charge >= 0.3 is 0 Å². The van der Waals surface area contributed by atoms with Crippen LogP contribution in [0.2, 0.25) is 0 Å². The molecule has 1 heterocycles. The van der Waals surface area contributed by atoms with E-state index in [9.17, 15) is 4.79 Å². The fourth-order valence-electron chi connectivity index (χ4n) is 2.21. The number of carbonyl (C=O) groups is 1. The van der Waals surface area contributed by atoms with Crippen molar-refractivity contribution in [2.45, 2.75) is 45.4 Å². The summed E-state index contributed by atoms with van der Waals surface area (Å²) in [5, 5.41) is 3.92. The van der Waals surface area contributed by atoms with Crippen LogP contribution in [0.1, 0.15) is 27.7 Å². The van der Waals surface area contributed by atoms with Gasteiger partial charge < -0.3 is 9.88 Å². The zero-order chi connectivity index (χ0) is 16.8. The predicted molar refractivity (Wildman–Crippen MR) is 96.5 cm³/mol. The fourth-order valence-corrected chi connectivity index (χ4v) is 3.07. The summed E-state index contributed by atoms with van der Waals surface area (Å²) >= 11 is 1.49. The van der Waals surface area contributed by atoms with Crippen LogP contribution in [-0.2, 0) is 11.3 Å². The van der Waals surface area contributed by atoms with Crippen molar-refractivity contribution in [2.75, 3.05) is 5.75 Å². The second-order valence-corrected chi connectivity index (χ2v) is 6.87. The lowest BCUT2D eigenvalue weighted by Crippen LogP contribution is -2.37. The number of amides is 1. The molecule has 2 rings (SSSR count). The van der Waals surface area contributed by atoms with Crippen LogP contribution in [0.5, 0.6) is 0 Å². The molecule has 1 N–H and O–H groups in total. The van der Waals surface area contributed by atoms with Gasteiger partial charge in [-0.15, -0.1) is 0 Å². The third-order valence-electron chi connectivity index (χ3n) is 3.93. The SMILES string of the molecule is CCn1c(-c2ccccc2)cnc1SCC(=O)N[C@@H](C)C(C)C. The number of hydrogen-bond acceptors (Lipinski definition) is 3. The predicted octanol–water partition coefficient (Wildman–Crippen LogP) is 3.82. The van der Waals surface area contributed by atoms with Gasteiger partial charge in [0.25, 0.3) is 0 Å². The number of hydrogen-bond donors (Lipinski definition) is 1. The summed E-state index contributed by atoms with van der Waals surface area (Å²) < 4.78 is 2.15. The summed E-state index contributed by atoms with van der Waals surface area (Å²) in [4.78, 5) is 16.5. The summed E-state index contributed by atoms with van der Waals surface area (Å²) in [5.41, 5.74) is 2.23. The highest BCUT2D eigenvalue weighted by Crippen LogP contribution is 2.25. The first kappa shape index (κ1) is 17.6. The Morgan fingerprint density at radius 3 is 2.57 bits per heavy atom. The number of nitrogens with zero attached hydrogens (tertiary/aromatic N) is 2. The van der Waals surface area contributed by atoms with Crippen molar-refractivity contribution in [1.82, 2.24) is 14.9 Å². The molecule has 0 fully saturated rings. The van der Waals surface area contributed by atoms with E-state index in [0.717, 1.165) is 23.0 Å². The molecule has 0 aliphatic carbocycles. The third-order valence-corrected chi connectivity index (χ3v) is 4.92. The zero-order valence-electron chi connectivity index (χ0n) is 14.2. The summed E-state index contributed by atoms with van der Waals surface area (Å²) in [6, 6.07) is 10.4. The number of benzene rings is 1. The number of rotatable bonds is 7. The van der Waals surface area contributed by atoms with E-state index in [1.165, 1.54) is 11.8 Å². The van der Waals surface area contributed by atoms with Crippen molar-refractivity contribution in [1.29, 1.82) is 0 Å². The highest BCUT2D eigenvalue weighted by atomic mass is 32.2. The van der Waals surface area contributed by atoms with E-state index in [0.29, 0.717) is 11.7 Å². The monoisotopic (exact) mass is 331 g/mol. The summed E-state index contributed by atoms with van der Waals surface area (Å²) in [6.45, 7) is 9.17. The number of thioether (sulfide) groups is 1. The van der Waals surface area contributed by atoms with E-state index in [1.54, 1.807) is 0 Å². The van der Waals surface area contributed by atoms with Crippen LogP contribution < -0.4 is 5.32 Å². The van der Waals surface area contributed by atoms with E-state index < -0.39 is 0 Å². The second kappa shape index (κ2) is 8.20. The van der Waals surface area contributed by atoms with Gasteiger partial charge in [0.15, 0.2) is 5.16 Å². The van der Waals surface area contributed by atoms with E-state index in [-0.39, 0.29) is 11.9 Å². The van der Waals surface area contributed by atoms with Crippen molar-refractivity contribution >= 4 is 17.7 Å². The molecule has 1 aromatic heterocycles. The molecule has 1 amide bonds. The maximum Gasteiger partial charge on any atom is 0.230 e. The summed E-state index contributed by atoms with van der Waals surface area (Å²) in [7, 11) is 0. The van der Waals surface area contributed by atoms with Gasteiger partial charge in [-0.1, -0.05) is 55.9 Å². The number of nitrogens with one attached hydrogen (secondary N) is 1. The average Bonchev–Trinajstić information content (AvgIpc) is 2.96. The van der Waals surface area contributed by atoms with Crippen molar-refractivity contribution in [3.8, 4) is 11.3 Å². The Morgan fingerprint density at radius 2 is 1.96 bits per heavy atom. The number of carbonyl (C=O) groups excluding carboxylic acids is 1. The Hall–Kier alpha value is -1.75. The van der Waals surface area contributed by atoms with Crippen LogP contribution in [0.15, 0.2) is 41.7 Å². The summed E-state index contributed by atoms with van der Waals surface area (Å²) in [6.07, 6.45) is 1.88. The lowest BCUT2D eigenvalue weighted by molar-refractivity contribution is -0.119. The molecular weight excluding hydrogens is 306 g/mol. The number of aromatic nitrogens is 2. The highest BCUT2D eigenvalue weighted by Gasteiger charge is 2.14. The lowest BCUT2D eigenvalue weighted by atomic mass is 10.1. The molecule has 1 atom stereocenters. The van der Waals surface area contributed by atoms with Gasteiger partial charge in [0.05, 0.1) is 17.6 Å². The van der Waals surface area contributed by atoms with Crippen LogP contribution in [0.4, 0.5) is 0 Å². The Kier molecular flexibility index (Phi) is 6.28. The smallest absolute Gasteiger partial charge is 0.230 e. The lowest BCUT2D eigenvalue weighted by Gasteiger charge is -2.17. The van der Waals surface area contributed by atoms with E-state index in [2.05, 4.69) is 47.8 Å². The Morgan fingerprint density at radius 1 is 1.26 bits per heavy atom. The third kappa shape index (κ3) is 4.61. The fraction of sp³-hybridized carbons (Fsp3) is 0.444. The molecule has 0 spiro atoms. The molecule has 0 aliphatic heterocycles. The van der Waals surface area contributed by atoms with E-state index in [1.807, 2.05) is 31.3 Å². The van der Waals surface area contributed by atoms with Gasteiger partial charge in [0, 0.05) is 12.6 Å². The maximum absolute atomic E-state index is 12.0. The first-order valence-corrected chi connectivity index (χ1v) is 9.04. The molecule has 0 unspecified atom stereocenters. The van der Waals surface area contributed by atoms with Crippen molar-refractivity contribution < 1.29 is 4.79 Å². The molecule has 1 aromatic carbocycles. The van der Waals surface area contributed by atoms with Crippen molar-refractivity contribution in [2.24, 2.45) is 5.92 Å². The summed E-state index contributed by atoms with van der Waals surface area (Å²) in [5.74, 6) is 0.886. The molecule has 5 heteroatoms. The molecule has 0 radical (unpaired) electrons. The van der Waals surface area contributed by atoms with Gasteiger partial charge in [-0.2, -0.15) is 0 Å². The minimum Gasteiger partial charge on any atom is -0.353 e. The van der Waals surface area contributed by atoms with E-state index >= 15 is 0 Å². The number of imidazole rings is 1. The van der Waals surface area contributed by atoms with Crippen molar-refractivity contribution in [3.05, 3.63) is 36.5 Å². The van der Waals surface area contributed by atoms with Crippen LogP contribution in [0, 0.1) is 5.92 Å². The minimum atomic E-state index is 0.0584. The largest absolute Gasteiger partial charge is 0.353 e. The Bertz CT molecular complexity index is 637. The zero-order valence-corrected chi connectivity index (χ0v) is 15.1. The molecular formula is C18H25N3OS. The Balaban J connectivity index is 2.04. The topological polar surface area (TPSA) is 46.9 Å². The molecule has 2 aromatic rings. The standard InChI is InChI=1S/C18H25N3OS/c1-5-21-16(15-9-7-6-8-10-15)11-19-18(21)23-12-17(22)20-14(4)13(2)3/h6-11,13-14H,5,12H2,1-4H3,(H,20,22)/t14-/m0/s1. The van der Waals surface area contributed by atoms with Gasteiger partial charge in [-0.3, -0.25) is 4.79 Å². The van der Waals surface area contributed by atoms with E-state index in [4.69, 9.17) is 0 Å². The normalized spacial score (nSPS) is 12.4. The molecule has 0 saturated heterocycles. The quantitative estimate of drug-likeness (QED) is 0.785. The molecule has 0 bridgehead atoms. The molecule has 4 nitrogen and oxygen atoms in total. The molecule has 124 valence electrons. The van der Waals surface area contributed by atoms with Crippen LogP contribution in [0.3, 0.4) is 0 Å². The average molecular weight is 331 g/mol. The first-order chi connectivity index (χ1) is 11.0. The van der Waals surface area contributed by atoms with Crippen molar-refractivity contribution in [3.63, 3.8) is 0 Å². The van der Waals surface area contributed by atoms with Gasteiger partial charge in [-0.25, -0.2) is 4.98 Å². The minimum absolute atomic E-state index is 0.0584. The molecule has 0 aliphatic rings. The van der Waals surface area contributed by atoms with Crippen LogP contribution in [0.25, 0.3) is 11.3 Å². The van der Waals surface area contributed by atoms with Crippen LogP contribution >= 0.6 is 11.8 Å².